The fraction of sp³-hybridized carbons (Fsp3) is 0.286. The predicted octanol–water partition coefficient (Wildman–Crippen LogP) is 2.57. The van der Waals surface area contributed by atoms with E-state index >= 15 is 0 Å². The number of para-hydroxylation sites is 1. The number of carbonyl (C=O) groups excluding carboxylic acids is 2. The molecule has 2 amide bonds. The number of rotatable bonds is 6. The molecule has 0 spiro atoms. The van der Waals surface area contributed by atoms with Crippen molar-refractivity contribution in [1.29, 1.82) is 0 Å². The first-order valence-electron chi connectivity index (χ1n) is 9.06. The molecule has 0 bridgehead atoms. The van der Waals surface area contributed by atoms with E-state index in [0.29, 0.717) is 17.7 Å². The van der Waals surface area contributed by atoms with Crippen LogP contribution in [0.3, 0.4) is 0 Å². The highest BCUT2D eigenvalue weighted by atomic mass is 16.5. The summed E-state index contributed by atoms with van der Waals surface area (Å²) in [5, 5.41) is 15.3. The lowest BCUT2D eigenvalue weighted by atomic mass is 9.78. The topological polar surface area (TPSA) is 105 Å². The van der Waals surface area contributed by atoms with Crippen molar-refractivity contribution in [3.63, 3.8) is 0 Å². The van der Waals surface area contributed by atoms with E-state index in [1.807, 2.05) is 6.07 Å². The zero-order valence-corrected chi connectivity index (χ0v) is 15.7. The molecule has 146 valence electrons. The molecule has 28 heavy (non-hydrogen) atoms. The minimum atomic E-state index is -1.24. The van der Waals surface area contributed by atoms with E-state index < -0.39 is 23.4 Å². The second-order valence-electron chi connectivity index (χ2n) is 6.72. The molecule has 0 saturated carbocycles. The SMILES string of the molecule is CCC(CNC(=O)c1cccc2c1OC(C)C(=O)N2)(C(=O)O)c1ccccc1. The first-order chi connectivity index (χ1) is 13.4. The lowest BCUT2D eigenvalue weighted by Crippen LogP contribution is -2.46. The van der Waals surface area contributed by atoms with Crippen LogP contribution in [-0.4, -0.2) is 35.5 Å². The minimum absolute atomic E-state index is 0.0761. The van der Waals surface area contributed by atoms with Crippen LogP contribution in [0.5, 0.6) is 5.75 Å². The van der Waals surface area contributed by atoms with Crippen LogP contribution >= 0.6 is 0 Å². The van der Waals surface area contributed by atoms with Gasteiger partial charge in [0.25, 0.3) is 11.8 Å². The number of carboxylic acids is 1. The lowest BCUT2D eigenvalue weighted by Gasteiger charge is -2.29. The van der Waals surface area contributed by atoms with Gasteiger partial charge in [0.05, 0.1) is 11.3 Å². The summed E-state index contributed by atoms with van der Waals surface area (Å²) in [6.45, 7) is 3.29. The number of carboxylic acid groups (broad SMARTS) is 1. The molecular formula is C21H22N2O5. The Morgan fingerprint density at radius 2 is 1.89 bits per heavy atom. The Kier molecular flexibility index (Phi) is 5.35. The molecular weight excluding hydrogens is 360 g/mol. The van der Waals surface area contributed by atoms with Crippen molar-refractivity contribution >= 4 is 23.5 Å². The second kappa shape index (κ2) is 7.72. The molecule has 7 heteroatoms. The quantitative estimate of drug-likeness (QED) is 0.712. The van der Waals surface area contributed by atoms with Gasteiger partial charge in [0, 0.05) is 6.54 Å². The number of benzene rings is 2. The number of hydrogen-bond acceptors (Lipinski definition) is 4. The summed E-state index contributed by atoms with van der Waals surface area (Å²) in [6, 6.07) is 13.7. The van der Waals surface area contributed by atoms with Crippen LogP contribution in [-0.2, 0) is 15.0 Å². The fourth-order valence-electron chi connectivity index (χ4n) is 3.27. The molecule has 0 saturated heterocycles. The van der Waals surface area contributed by atoms with Gasteiger partial charge in [-0.2, -0.15) is 0 Å². The zero-order chi connectivity index (χ0) is 20.3. The van der Waals surface area contributed by atoms with Gasteiger partial charge in [-0.05, 0) is 31.0 Å². The van der Waals surface area contributed by atoms with Crippen LogP contribution in [0.1, 0.15) is 36.2 Å². The molecule has 0 fully saturated rings. The monoisotopic (exact) mass is 382 g/mol. The predicted molar refractivity (Wildman–Crippen MR) is 104 cm³/mol. The molecule has 7 nitrogen and oxygen atoms in total. The molecule has 0 aromatic heterocycles. The maximum absolute atomic E-state index is 12.8. The van der Waals surface area contributed by atoms with Crippen molar-refractivity contribution in [2.75, 3.05) is 11.9 Å². The highest BCUT2D eigenvalue weighted by Gasteiger charge is 2.39. The third-order valence-corrected chi connectivity index (χ3v) is 5.07. The van der Waals surface area contributed by atoms with Gasteiger partial charge in [-0.1, -0.05) is 43.3 Å². The lowest BCUT2D eigenvalue weighted by molar-refractivity contribution is -0.143. The third kappa shape index (κ3) is 3.43. The van der Waals surface area contributed by atoms with E-state index in [9.17, 15) is 19.5 Å². The van der Waals surface area contributed by atoms with Crippen LogP contribution < -0.4 is 15.4 Å². The van der Waals surface area contributed by atoms with Gasteiger partial charge in [0.1, 0.15) is 5.41 Å². The van der Waals surface area contributed by atoms with E-state index in [-0.39, 0.29) is 23.8 Å². The van der Waals surface area contributed by atoms with Gasteiger partial charge >= 0.3 is 5.97 Å². The molecule has 2 atom stereocenters. The molecule has 3 N–H and O–H groups in total. The Bertz CT molecular complexity index is 912. The Labute approximate surface area is 162 Å². The van der Waals surface area contributed by atoms with E-state index in [1.165, 1.54) is 0 Å². The smallest absolute Gasteiger partial charge is 0.315 e. The molecule has 2 aromatic carbocycles. The van der Waals surface area contributed by atoms with Crippen LogP contribution in [0.2, 0.25) is 0 Å². The van der Waals surface area contributed by atoms with E-state index in [0.717, 1.165) is 0 Å². The molecule has 1 aliphatic heterocycles. The molecule has 0 radical (unpaired) electrons. The fourth-order valence-corrected chi connectivity index (χ4v) is 3.27. The average Bonchev–Trinajstić information content (AvgIpc) is 2.69. The van der Waals surface area contributed by atoms with Crippen LogP contribution in [0.25, 0.3) is 0 Å². The van der Waals surface area contributed by atoms with Crippen molar-refractivity contribution in [2.24, 2.45) is 0 Å². The Morgan fingerprint density at radius 1 is 1.18 bits per heavy atom. The number of ether oxygens (including phenoxy) is 1. The van der Waals surface area contributed by atoms with Crippen molar-refractivity contribution < 1.29 is 24.2 Å². The Balaban J connectivity index is 1.86. The normalized spacial score (nSPS) is 17.5. The van der Waals surface area contributed by atoms with Gasteiger partial charge in [0.15, 0.2) is 11.9 Å². The first kappa shape index (κ1) is 19.4. The van der Waals surface area contributed by atoms with Crippen molar-refractivity contribution in [1.82, 2.24) is 5.32 Å². The van der Waals surface area contributed by atoms with Crippen molar-refractivity contribution in [2.45, 2.75) is 31.8 Å². The van der Waals surface area contributed by atoms with E-state index in [2.05, 4.69) is 10.6 Å². The van der Waals surface area contributed by atoms with Crippen LogP contribution in [0.4, 0.5) is 5.69 Å². The molecule has 2 unspecified atom stereocenters. The largest absolute Gasteiger partial charge is 0.481 e. The number of aliphatic carboxylic acids is 1. The summed E-state index contributed by atoms with van der Waals surface area (Å²) in [5.41, 5.74) is 0.0397. The number of carbonyl (C=O) groups is 3. The minimum Gasteiger partial charge on any atom is -0.481 e. The third-order valence-electron chi connectivity index (χ3n) is 5.07. The van der Waals surface area contributed by atoms with Gasteiger partial charge in [-0.3, -0.25) is 14.4 Å². The Hall–Kier alpha value is -3.35. The molecule has 2 aromatic rings. The number of amides is 2. The number of nitrogens with one attached hydrogen (secondary N) is 2. The van der Waals surface area contributed by atoms with E-state index in [4.69, 9.17) is 4.74 Å². The van der Waals surface area contributed by atoms with E-state index in [1.54, 1.807) is 56.3 Å². The summed E-state index contributed by atoms with van der Waals surface area (Å²) in [7, 11) is 0. The standard InChI is InChI=1S/C21H22N2O5/c1-3-21(20(26)27,14-8-5-4-6-9-14)12-22-19(25)15-10-7-11-16-17(15)28-13(2)18(24)23-16/h4-11,13H,3,12H2,1-2H3,(H,22,25)(H,23,24)(H,26,27). The zero-order valence-electron chi connectivity index (χ0n) is 15.7. The summed E-state index contributed by atoms with van der Waals surface area (Å²) < 4.78 is 5.60. The van der Waals surface area contributed by atoms with Crippen LogP contribution in [0.15, 0.2) is 48.5 Å². The number of hydrogen-bond donors (Lipinski definition) is 3. The average molecular weight is 382 g/mol. The van der Waals surface area contributed by atoms with Crippen molar-refractivity contribution in [3.8, 4) is 5.75 Å². The molecule has 0 aliphatic carbocycles. The maximum Gasteiger partial charge on any atom is 0.315 e. The van der Waals surface area contributed by atoms with Gasteiger partial charge in [-0.25, -0.2) is 0 Å². The number of fused-ring (bicyclic) bond motifs is 1. The van der Waals surface area contributed by atoms with Gasteiger partial charge < -0.3 is 20.5 Å². The highest BCUT2D eigenvalue weighted by Crippen LogP contribution is 2.34. The summed E-state index contributed by atoms with van der Waals surface area (Å²) >= 11 is 0. The first-order valence-corrected chi connectivity index (χ1v) is 9.06. The second-order valence-corrected chi connectivity index (χ2v) is 6.72. The maximum atomic E-state index is 12.8. The Morgan fingerprint density at radius 3 is 2.54 bits per heavy atom. The summed E-state index contributed by atoms with van der Waals surface area (Å²) in [6.07, 6.45) is -0.414. The van der Waals surface area contributed by atoms with Crippen LogP contribution in [0, 0.1) is 0 Å². The summed E-state index contributed by atoms with van der Waals surface area (Å²) in [5.74, 6) is -1.47. The highest BCUT2D eigenvalue weighted by molar-refractivity contribution is 6.04. The molecule has 3 rings (SSSR count). The molecule has 1 heterocycles. The molecule has 1 aliphatic rings. The van der Waals surface area contributed by atoms with Crippen molar-refractivity contribution in [3.05, 3.63) is 59.7 Å². The van der Waals surface area contributed by atoms with Gasteiger partial charge in [0.2, 0.25) is 0 Å². The number of anilines is 1. The summed E-state index contributed by atoms with van der Waals surface area (Å²) in [4.78, 5) is 36.7. The van der Waals surface area contributed by atoms with Gasteiger partial charge in [-0.15, -0.1) is 0 Å².